The highest BCUT2D eigenvalue weighted by atomic mass is 15.2. The fourth-order valence-corrected chi connectivity index (χ4v) is 3.00. The first-order chi connectivity index (χ1) is 9.13. The van der Waals surface area contributed by atoms with Gasteiger partial charge in [-0.05, 0) is 40.2 Å². The molecule has 1 atom stereocenters. The second-order valence-electron chi connectivity index (χ2n) is 6.44. The molecule has 1 heteroatoms. The summed E-state index contributed by atoms with van der Waals surface area (Å²) >= 11 is 0. The van der Waals surface area contributed by atoms with Crippen LogP contribution in [0.2, 0.25) is 0 Å². The van der Waals surface area contributed by atoms with Gasteiger partial charge in [-0.15, -0.1) is 0 Å². The van der Waals surface area contributed by atoms with Crippen LogP contribution in [-0.4, -0.2) is 23.5 Å². The summed E-state index contributed by atoms with van der Waals surface area (Å²) in [7, 11) is 0. The molecule has 0 bridgehead atoms. The van der Waals surface area contributed by atoms with E-state index in [0.29, 0.717) is 6.04 Å². The minimum atomic E-state index is 0.700. The lowest BCUT2D eigenvalue weighted by Crippen LogP contribution is -2.39. The van der Waals surface area contributed by atoms with Crippen molar-refractivity contribution in [2.24, 2.45) is 0 Å². The van der Waals surface area contributed by atoms with Gasteiger partial charge in [0, 0.05) is 12.1 Å². The zero-order chi connectivity index (χ0) is 14.5. The summed E-state index contributed by atoms with van der Waals surface area (Å²) in [6, 6.07) is 1.46. The predicted molar refractivity (Wildman–Crippen MR) is 88.8 cm³/mol. The standard InChI is InChI=1S/C18H39N/c1-6-8-9-10-11-12-13-14-16-19(17(3)4)18(5)15-7-2/h17-18H,6-16H2,1-5H3. The highest BCUT2D eigenvalue weighted by Gasteiger charge is 2.15. The number of unbranched alkanes of at least 4 members (excludes halogenated alkanes) is 7. The summed E-state index contributed by atoms with van der Waals surface area (Å²) in [6.07, 6.45) is 14.0. The van der Waals surface area contributed by atoms with Crippen molar-refractivity contribution in [3.8, 4) is 0 Å². The van der Waals surface area contributed by atoms with E-state index in [-0.39, 0.29) is 0 Å². The van der Waals surface area contributed by atoms with E-state index in [1.54, 1.807) is 0 Å². The Kier molecular flexibility index (Phi) is 12.9. The fourth-order valence-electron chi connectivity index (χ4n) is 3.00. The second kappa shape index (κ2) is 13.0. The molecule has 1 nitrogen and oxygen atoms in total. The van der Waals surface area contributed by atoms with E-state index in [4.69, 9.17) is 0 Å². The van der Waals surface area contributed by atoms with Crippen molar-refractivity contribution in [3.05, 3.63) is 0 Å². The van der Waals surface area contributed by atoms with Crippen LogP contribution >= 0.6 is 0 Å². The number of rotatable bonds is 13. The van der Waals surface area contributed by atoms with Crippen LogP contribution < -0.4 is 0 Å². The largest absolute Gasteiger partial charge is 0.298 e. The van der Waals surface area contributed by atoms with Gasteiger partial charge in [0.05, 0.1) is 0 Å². The predicted octanol–water partition coefficient (Wildman–Crippen LogP) is 6.03. The highest BCUT2D eigenvalue weighted by molar-refractivity contribution is 4.70. The lowest BCUT2D eigenvalue weighted by atomic mass is 10.1. The average molecular weight is 270 g/mol. The molecule has 0 N–H and O–H groups in total. The molecular formula is C18H39N. The van der Waals surface area contributed by atoms with Gasteiger partial charge in [0.25, 0.3) is 0 Å². The summed E-state index contributed by atoms with van der Waals surface area (Å²) in [5.41, 5.74) is 0. The third-order valence-electron chi connectivity index (χ3n) is 4.21. The fraction of sp³-hybridized carbons (Fsp3) is 1.00. The van der Waals surface area contributed by atoms with Crippen molar-refractivity contribution < 1.29 is 0 Å². The Bertz CT molecular complexity index is 177. The maximum Gasteiger partial charge on any atom is 0.00695 e. The van der Waals surface area contributed by atoms with Gasteiger partial charge in [-0.1, -0.05) is 65.2 Å². The molecule has 19 heavy (non-hydrogen) atoms. The Hall–Kier alpha value is -0.0400. The molecule has 0 aromatic carbocycles. The van der Waals surface area contributed by atoms with E-state index in [1.165, 1.54) is 70.8 Å². The lowest BCUT2D eigenvalue weighted by molar-refractivity contribution is 0.152. The van der Waals surface area contributed by atoms with Crippen LogP contribution in [0.3, 0.4) is 0 Å². The van der Waals surface area contributed by atoms with Gasteiger partial charge in [-0.2, -0.15) is 0 Å². The van der Waals surface area contributed by atoms with Gasteiger partial charge < -0.3 is 0 Å². The van der Waals surface area contributed by atoms with Gasteiger partial charge >= 0.3 is 0 Å². The first kappa shape index (κ1) is 19.0. The SMILES string of the molecule is CCCCCCCCCCN(C(C)C)C(C)CCC. The van der Waals surface area contributed by atoms with Crippen LogP contribution in [-0.2, 0) is 0 Å². The number of nitrogens with zero attached hydrogens (tertiary/aromatic N) is 1. The van der Waals surface area contributed by atoms with E-state index < -0.39 is 0 Å². The van der Waals surface area contributed by atoms with Crippen molar-refractivity contribution in [3.63, 3.8) is 0 Å². The van der Waals surface area contributed by atoms with Crippen molar-refractivity contribution >= 4 is 0 Å². The molecule has 0 aliphatic rings. The Morgan fingerprint density at radius 2 is 1.21 bits per heavy atom. The molecule has 0 aliphatic heterocycles. The molecule has 0 aliphatic carbocycles. The lowest BCUT2D eigenvalue weighted by Gasteiger charge is -2.32. The third-order valence-corrected chi connectivity index (χ3v) is 4.21. The van der Waals surface area contributed by atoms with Crippen molar-refractivity contribution in [1.29, 1.82) is 0 Å². The summed E-state index contributed by atoms with van der Waals surface area (Å²) in [5.74, 6) is 0. The van der Waals surface area contributed by atoms with E-state index in [0.717, 1.165) is 6.04 Å². The molecule has 0 fully saturated rings. The quantitative estimate of drug-likeness (QED) is 0.369. The first-order valence-corrected chi connectivity index (χ1v) is 8.89. The van der Waals surface area contributed by atoms with Crippen LogP contribution in [0.25, 0.3) is 0 Å². The van der Waals surface area contributed by atoms with Crippen molar-refractivity contribution in [1.82, 2.24) is 4.90 Å². The Morgan fingerprint density at radius 1 is 0.684 bits per heavy atom. The molecule has 0 heterocycles. The summed E-state index contributed by atoms with van der Waals surface area (Å²) in [4.78, 5) is 2.70. The Balaban J connectivity index is 3.59. The topological polar surface area (TPSA) is 3.24 Å². The molecule has 0 aromatic heterocycles. The van der Waals surface area contributed by atoms with Gasteiger partial charge in [0.15, 0.2) is 0 Å². The van der Waals surface area contributed by atoms with Crippen molar-refractivity contribution in [2.75, 3.05) is 6.54 Å². The normalized spacial score (nSPS) is 13.4. The Morgan fingerprint density at radius 3 is 1.68 bits per heavy atom. The molecular weight excluding hydrogens is 230 g/mol. The summed E-state index contributed by atoms with van der Waals surface area (Å²) < 4.78 is 0. The van der Waals surface area contributed by atoms with Crippen LogP contribution in [0, 0.1) is 0 Å². The molecule has 0 aromatic rings. The molecule has 0 amide bonds. The number of hydrogen-bond acceptors (Lipinski definition) is 1. The molecule has 0 rings (SSSR count). The smallest absolute Gasteiger partial charge is 0.00695 e. The van der Waals surface area contributed by atoms with E-state index in [2.05, 4.69) is 39.5 Å². The molecule has 1 unspecified atom stereocenters. The summed E-state index contributed by atoms with van der Waals surface area (Å²) in [6.45, 7) is 13.0. The second-order valence-corrected chi connectivity index (χ2v) is 6.44. The maximum absolute atomic E-state index is 2.70. The molecule has 0 saturated carbocycles. The molecule has 0 radical (unpaired) electrons. The zero-order valence-electron chi connectivity index (χ0n) is 14.4. The first-order valence-electron chi connectivity index (χ1n) is 8.89. The van der Waals surface area contributed by atoms with Crippen molar-refractivity contribution in [2.45, 2.75) is 111 Å². The van der Waals surface area contributed by atoms with E-state index >= 15 is 0 Å². The van der Waals surface area contributed by atoms with Crippen LogP contribution in [0.5, 0.6) is 0 Å². The zero-order valence-corrected chi connectivity index (χ0v) is 14.4. The van der Waals surface area contributed by atoms with Gasteiger partial charge in [-0.25, -0.2) is 0 Å². The molecule has 0 spiro atoms. The number of hydrogen-bond donors (Lipinski definition) is 0. The minimum Gasteiger partial charge on any atom is -0.298 e. The molecule has 0 saturated heterocycles. The monoisotopic (exact) mass is 269 g/mol. The van der Waals surface area contributed by atoms with Gasteiger partial charge in [0.1, 0.15) is 0 Å². The van der Waals surface area contributed by atoms with Crippen LogP contribution in [0.4, 0.5) is 0 Å². The Labute approximate surface area is 123 Å². The highest BCUT2D eigenvalue weighted by Crippen LogP contribution is 2.14. The van der Waals surface area contributed by atoms with Gasteiger partial charge in [-0.3, -0.25) is 4.90 Å². The van der Waals surface area contributed by atoms with E-state index in [1.807, 2.05) is 0 Å². The van der Waals surface area contributed by atoms with Crippen LogP contribution in [0.15, 0.2) is 0 Å². The minimum absolute atomic E-state index is 0.700. The summed E-state index contributed by atoms with van der Waals surface area (Å²) in [5, 5.41) is 0. The van der Waals surface area contributed by atoms with Gasteiger partial charge in [0.2, 0.25) is 0 Å². The molecule has 116 valence electrons. The van der Waals surface area contributed by atoms with Crippen LogP contribution in [0.1, 0.15) is 98.8 Å². The van der Waals surface area contributed by atoms with E-state index in [9.17, 15) is 0 Å². The maximum atomic E-state index is 2.70. The third kappa shape index (κ3) is 10.4. The average Bonchev–Trinajstić information content (AvgIpc) is 2.36.